The fourth-order valence-electron chi connectivity index (χ4n) is 1.79. The number of aliphatic hydroxyl groups is 1. The van der Waals surface area contributed by atoms with E-state index in [1.807, 2.05) is 0 Å². The van der Waals surface area contributed by atoms with E-state index in [9.17, 15) is 5.11 Å². The number of ether oxygens (including phenoxy) is 2. The zero-order valence-electron chi connectivity index (χ0n) is 8.69. The second-order valence-corrected chi connectivity index (χ2v) is 4.49. The lowest BCUT2D eigenvalue weighted by molar-refractivity contribution is -0.0563. The summed E-state index contributed by atoms with van der Waals surface area (Å²) in [5, 5.41) is 10.3. The van der Waals surface area contributed by atoms with Crippen molar-refractivity contribution < 1.29 is 14.6 Å². The van der Waals surface area contributed by atoms with Gasteiger partial charge in [0.05, 0.1) is 6.61 Å². The van der Waals surface area contributed by atoms with Gasteiger partial charge in [0.1, 0.15) is 12.2 Å². The normalized spacial score (nSPS) is 29.6. The molecule has 5 heteroatoms. The Morgan fingerprint density at radius 3 is 2.69 bits per heavy atom. The van der Waals surface area contributed by atoms with Crippen LogP contribution in [-0.4, -0.2) is 24.1 Å². The van der Waals surface area contributed by atoms with Gasteiger partial charge in [0.15, 0.2) is 6.29 Å². The molecule has 0 spiro atoms. The Bertz CT molecular complexity index is 383. The molecule has 1 aliphatic heterocycles. The molecule has 0 radical (unpaired) electrons. The van der Waals surface area contributed by atoms with E-state index in [4.69, 9.17) is 32.7 Å². The second-order valence-electron chi connectivity index (χ2n) is 3.65. The lowest BCUT2D eigenvalue weighted by Crippen LogP contribution is -2.19. The van der Waals surface area contributed by atoms with E-state index in [0.717, 1.165) is 5.56 Å². The standard InChI is InChI=1S/C11H12Cl2O3/c1-6-15-10(5-14)11(16-6)8-3-2-7(12)4-9(8)13/h2-4,6,10-11,14H,5H2,1H3. The molecular weight excluding hydrogens is 251 g/mol. The molecule has 1 aromatic carbocycles. The number of aliphatic hydroxyl groups excluding tert-OH is 1. The zero-order chi connectivity index (χ0) is 11.7. The molecule has 2 rings (SSSR count). The Labute approximate surface area is 104 Å². The summed E-state index contributed by atoms with van der Waals surface area (Å²) in [6, 6.07) is 5.18. The van der Waals surface area contributed by atoms with E-state index in [-0.39, 0.29) is 25.1 Å². The largest absolute Gasteiger partial charge is 0.394 e. The predicted molar refractivity (Wildman–Crippen MR) is 61.7 cm³/mol. The van der Waals surface area contributed by atoms with Crippen molar-refractivity contribution >= 4 is 23.2 Å². The third-order valence-electron chi connectivity index (χ3n) is 2.49. The highest BCUT2D eigenvalue weighted by Gasteiger charge is 2.35. The lowest BCUT2D eigenvalue weighted by atomic mass is 10.1. The third kappa shape index (κ3) is 2.34. The van der Waals surface area contributed by atoms with E-state index < -0.39 is 0 Å². The Morgan fingerprint density at radius 2 is 2.06 bits per heavy atom. The van der Waals surface area contributed by atoms with Gasteiger partial charge in [0.25, 0.3) is 0 Å². The van der Waals surface area contributed by atoms with E-state index in [1.54, 1.807) is 25.1 Å². The molecule has 88 valence electrons. The van der Waals surface area contributed by atoms with E-state index in [0.29, 0.717) is 10.0 Å². The summed E-state index contributed by atoms with van der Waals surface area (Å²) >= 11 is 11.9. The Balaban J connectivity index is 2.29. The van der Waals surface area contributed by atoms with Crippen molar-refractivity contribution in [3.8, 4) is 0 Å². The van der Waals surface area contributed by atoms with Gasteiger partial charge in [-0.05, 0) is 19.1 Å². The maximum absolute atomic E-state index is 9.19. The summed E-state index contributed by atoms with van der Waals surface area (Å²) in [6.45, 7) is 1.68. The molecule has 1 N–H and O–H groups in total. The summed E-state index contributed by atoms with van der Waals surface area (Å²) in [4.78, 5) is 0. The average Bonchev–Trinajstić information content (AvgIpc) is 2.59. The molecule has 1 heterocycles. The van der Waals surface area contributed by atoms with Crippen molar-refractivity contribution in [3.05, 3.63) is 33.8 Å². The summed E-state index contributed by atoms with van der Waals surface area (Å²) in [5.74, 6) is 0. The van der Waals surface area contributed by atoms with Crippen molar-refractivity contribution in [1.29, 1.82) is 0 Å². The van der Waals surface area contributed by atoms with Crippen LogP contribution in [-0.2, 0) is 9.47 Å². The minimum atomic E-state index is -0.381. The predicted octanol–water partition coefficient (Wildman–Crippen LogP) is 2.79. The van der Waals surface area contributed by atoms with Crippen molar-refractivity contribution in [1.82, 2.24) is 0 Å². The Hall–Kier alpha value is -0.320. The molecule has 3 unspecified atom stereocenters. The van der Waals surface area contributed by atoms with E-state index in [2.05, 4.69) is 0 Å². The highest BCUT2D eigenvalue weighted by molar-refractivity contribution is 6.35. The van der Waals surface area contributed by atoms with Crippen LogP contribution in [0, 0.1) is 0 Å². The van der Waals surface area contributed by atoms with Crippen LogP contribution in [0.4, 0.5) is 0 Å². The maximum atomic E-state index is 9.19. The van der Waals surface area contributed by atoms with Crippen LogP contribution in [0.3, 0.4) is 0 Å². The molecule has 0 amide bonds. The number of hydrogen-bond acceptors (Lipinski definition) is 3. The highest BCUT2D eigenvalue weighted by atomic mass is 35.5. The van der Waals surface area contributed by atoms with E-state index >= 15 is 0 Å². The molecule has 1 aliphatic rings. The van der Waals surface area contributed by atoms with Gasteiger partial charge < -0.3 is 14.6 Å². The second kappa shape index (κ2) is 4.90. The van der Waals surface area contributed by atoms with Crippen LogP contribution < -0.4 is 0 Å². The van der Waals surface area contributed by atoms with Crippen LogP contribution >= 0.6 is 23.2 Å². The van der Waals surface area contributed by atoms with Crippen molar-refractivity contribution in [2.45, 2.75) is 25.4 Å². The summed E-state index contributed by atoms with van der Waals surface area (Å²) in [6.07, 6.45) is -1.06. The monoisotopic (exact) mass is 262 g/mol. The molecule has 1 aromatic rings. The summed E-state index contributed by atoms with van der Waals surface area (Å²) in [7, 11) is 0. The quantitative estimate of drug-likeness (QED) is 0.891. The summed E-state index contributed by atoms with van der Waals surface area (Å²) in [5.41, 5.74) is 0.787. The topological polar surface area (TPSA) is 38.7 Å². The first-order valence-electron chi connectivity index (χ1n) is 4.98. The molecule has 1 saturated heterocycles. The maximum Gasteiger partial charge on any atom is 0.156 e. The van der Waals surface area contributed by atoms with Gasteiger partial charge in [-0.1, -0.05) is 29.3 Å². The van der Waals surface area contributed by atoms with Crippen LogP contribution in [0.1, 0.15) is 18.6 Å². The fourth-order valence-corrected chi connectivity index (χ4v) is 2.30. The van der Waals surface area contributed by atoms with Gasteiger partial charge in [-0.3, -0.25) is 0 Å². The van der Waals surface area contributed by atoms with Gasteiger partial charge in [0.2, 0.25) is 0 Å². The minimum Gasteiger partial charge on any atom is -0.394 e. The van der Waals surface area contributed by atoms with Crippen LogP contribution in [0.5, 0.6) is 0 Å². The molecule has 3 atom stereocenters. The summed E-state index contributed by atoms with van der Waals surface area (Å²) < 4.78 is 11.0. The van der Waals surface area contributed by atoms with E-state index in [1.165, 1.54) is 0 Å². The molecule has 3 nitrogen and oxygen atoms in total. The van der Waals surface area contributed by atoms with Crippen molar-refractivity contribution in [2.24, 2.45) is 0 Å². The molecule has 0 aromatic heterocycles. The van der Waals surface area contributed by atoms with Crippen molar-refractivity contribution in [2.75, 3.05) is 6.61 Å². The Morgan fingerprint density at radius 1 is 1.31 bits per heavy atom. The minimum absolute atomic E-state index is 0.103. The number of halogens is 2. The smallest absolute Gasteiger partial charge is 0.156 e. The molecule has 0 aliphatic carbocycles. The van der Waals surface area contributed by atoms with Crippen LogP contribution in [0.2, 0.25) is 10.0 Å². The lowest BCUT2D eigenvalue weighted by Gasteiger charge is -2.16. The SMILES string of the molecule is CC1OC(CO)C(c2ccc(Cl)cc2Cl)O1. The van der Waals surface area contributed by atoms with Gasteiger partial charge in [-0.2, -0.15) is 0 Å². The van der Waals surface area contributed by atoms with Gasteiger partial charge in [-0.15, -0.1) is 0 Å². The Kier molecular flexibility index (Phi) is 3.72. The highest BCUT2D eigenvalue weighted by Crippen LogP contribution is 2.36. The molecule has 0 saturated carbocycles. The first-order chi connectivity index (χ1) is 7.61. The molecule has 0 bridgehead atoms. The fraction of sp³-hybridized carbons (Fsp3) is 0.455. The van der Waals surface area contributed by atoms with Crippen LogP contribution in [0.25, 0.3) is 0 Å². The first kappa shape index (κ1) is 12.1. The number of rotatable bonds is 2. The molecular formula is C11H12Cl2O3. The number of benzene rings is 1. The first-order valence-corrected chi connectivity index (χ1v) is 5.74. The van der Waals surface area contributed by atoms with Gasteiger partial charge in [0, 0.05) is 15.6 Å². The molecule has 1 fully saturated rings. The van der Waals surface area contributed by atoms with Gasteiger partial charge >= 0.3 is 0 Å². The number of hydrogen-bond donors (Lipinski definition) is 1. The van der Waals surface area contributed by atoms with Gasteiger partial charge in [-0.25, -0.2) is 0 Å². The zero-order valence-corrected chi connectivity index (χ0v) is 10.2. The van der Waals surface area contributed by atoms with Crippen molar-refractivity contribution in [3.63, 3.8) is 0 Å². The average molecular weight is 263 g/mol. The third-order valence-corrected chi connectivity index (χ3v) is 3.05. The molecule has 16 heavy (non-hydrogen) atoms. The van der Waals surface area contributed by atoms with Crippen LogP contribution in [0.15, 0.2) is 18.2 Å².